The summed E-state index contributed by atoms with van der Waals surface area (Å²) in [5.41, 5.74) is 2.84. The van der Waals surface area contributed by atoms with Crippen LogP contribution >= 0.6 is 12.2 Å². The van der Waals surface area contributed by atoms with Crippen molar-refractivity contribution in [3.63, 3.8) is 0 Å². The number of hydrogen-bond acceptors (Lipinski definition) is 5. The van der Waals surface area contributed by atoms with Crippen LogP contribution in [0.2, 0.25) is 0 Å². The number of nitrogens with one attached hydrogen (secondary N) is 2. The summed E-state index contributed by atoms with van der Waals surface area (Å²) in [5.74, 6) is 3.38. The van der Waals surface area contributed by atoms with Gasteiger partial charge in [0.2, 0.25) is 5.95 Å². The lowest BCUT2D eigenvalue weighted by molar-refractivity contribution is 0.436. The van der Waals surface area contributed by atoms with Crippen LogP contribution in [0.1, 0.15) is 69.4 Å². The minimum Gasteiger partial charge on any atom is -0.360 e. The van der Waals surface area contributed by atoms with Crippen molar-refractivity contribution < 1.29 is 0 Å². The highest BCUT2D eigenvalue weighted by Crippen LogP contribution is 2.29. The topological polar surface area (TPSA) is 56.3 Å². The van der Waals surface area contributed by atoms with Crippen LogP contribution in [-0.2, 0) is 13.0 Å². The maximum atomic E-state index is 5.70. The van der Waals surface area contributed by atoms with Crippen molar-refractivity contribution in [1.82, 2.24) is 15.3 Å². The van der Waals surface area contributed by atoms with Gasteiger partial charge in [-0.3, -0.25) is 0 Å². The number of fused-ring (bicyclic) bond motifs is 1. The van der Waals surface area contributed by atoms with E-state index in [2.05, 4.69) is 57.7 Å². The lowest BCUT2D eigenvalue weighted by atomic mass is 9.99. The Kier molecular flexibility index (Phi) is 7.48. The molecule has 2 fully saturated rings. The highest BCUT2D eigenvalue weighted by Gasteiger charge is 2.23. The van der Waals surface area contributed by atoms with Crippen molar-refractivity contribution in [2.24, 2.45) is 5.92 Å². The Balaban J connectivity index is 1.35. The molecule has 0 radical (unpaired) electrons. The third-order valence-corrected chi connectivity index (χ3v) is 7.90. The van der Waals surface area contributed by atoms with Crippen molar-refractivity contribution in [2.45, 2.75) is 77.3 Å². The predicted molar refractivity (Wildman–Crippen MR) is 145 cm³/mol. The molecule has 2 aromatic rings. The number of piperidine rings is 1. The Labute approximate surface area is 209 Å². The van der Waals surface area contributed by atoms with E-state index in [9.17, 15) is 0 Å². The molecule has 3 heterocycles. The Morgan fingerprint density at radius 3 is 2.29 bits per heavy atom. The van der Waals surface area contributed by atoms with E-state index in [1.54, 1.807) is 0 Å². The van der Waals surface area contributed by atoms with Gasteiger partial charge in [0.1, 0.15) is 11.6 Å². The summed E-state index contributed by atoms with van der Waals surface area (Å²) in [4.78, 5) is 14.7. The summed E-state index contributed by atoms with van der Waals surface area (Å²) >= 11 is 5.70. The maximum Gasteiger partial charge on any atom is 0.232 e. The quantitative estimate of drug-likeness (QED) is 0.458. The first-order chi connectivity index (χ1) is 16.6. The fraction of sp³-hybridized carbons (Fsp3) is 0.593. The predicted octanol–water partition coefficient (Wildman–Crippen LogP) is 5.28. The smallest absolute Gasteiger partial charge is 0.232 e. The first kappa shape index (κ1) is 23.3. The molecule has 1 saturated carbocycles. The zero-order chi connectivity index (χ0) is 23.3. The van der Waals surface area contributed by atoms with E-state index in [1.807, 2.05) is 0 Å². The molecule has 0 unspecified atom stereocenters. The number of nitrogens with zero attached hydrogens (tertiary/aromatic N) is 4. The van der Waals surface area contributed by atoms with E-state index in [0.717, 1.165) is 50.2 Å². The average molecular weight is 479 g/mol. The first-order valence-corrected chi connectivity index (χ1v) is 13.6. The molecule has 6 nitrogen and oxygen atoms in total. The van der Waals surface area contributed by atoms with Gasteiger partial charge in [-0.15, -0.1) is 0 Å². The lowest BCUT2D eigenvalue weighted by Crippen LogP contribution is -2.38. The van der Waals surface area contributed by atoms with E-state index >= 15 is 0 Å². The second-order valence-electron chi connectivity index (χ2n) is 10.3. The van der Waals surface area contributed by atoms with Gasteiger partial charge < -0.3 is 20.4 Å². The van der Waals surface area contributed by atoms with Gasteiger partial charge in [0.05, 0.1) is 0 Å². The molecule has 5 rings (SSSR count). The molecule has 2 aliphatic heterocycles. The number of aromatic nitrogens is 2. The SMILES string of the molecule is CC1CCN(c2cc(N3CCc4ccccc4C3)nc(NC(=S)NC3CCCCCC3)n2)CC1. The Morgan fingerprint density at radius 2 is 1.56 bits per heavy atom. The van der Waals surface area contributed by atoms with Crippen LogP contribution < -0.4 is 20.4 Å². The summed E-state index contributed by atoms with van der Waals surface area (Å²) < 4.78 is 0. The molecule has 1 aliphatic carbocycles. The summed E-state index contributed by atoms with van der Waals surface area (Å²) in [6, 6.07) is 11.4. The fourth-order valence-electron chi connectivity index (χ4n) is 5.48. The number of hydrogen-bond donors (Lipinski definition) is 2. The van der Waals surface area contributed by atoms with Crippen LogP contribution in [0.5, 0.6) is 0 Å². The van der Waals surface area contributed by atoms with Crippen LogP contribution in [0.25, 0.3) is 0 Å². The number of benzene rings is 1. The minimum absolute atomic E-state index is 0.451. The molecular formula is C27H38N6S. The highest BCUT2D eigenvalue weighted by atomic mass is 32.1. The Morgan fingerprint density at radius 1 is 0.882 bits per heavy atom. The van der Waals surface area contributed by atoms with Gasteiger partial charge in [-0.25, -0.2) is 0 Å². The van der Waals surface area contributed by atoms with Gasteiger partial charge in [0.15, 0.2) is 5.11 Å². The molecule has 3 aliphatic rings. The van der Waals surface area contributed by atoms with Crippen molar-refractivity contribution >= 4 is 34.9 Å². The summed E-state index contributed by atoms with van der Waals surface area (Å²) in [5, 5.41) is 7.52. The zero-order valence-corrected chi connectivity index (χ0v) is 21.2. The second-order valence-corrected chi connectivity index (χ2v) is 10.7. The summed E-state index contributed by atoms with van der Waals surface area (Å²) in [6.07, 6.45) is 11.1. The van der Waals surface area contributed by atoms with Gasteiger partial charge in [-0.2, -0.15) is 9.97 Å². The molecule has 0 amide bonds. The molecule has 1 aromatic heterocycles. The Hall–Kier alpha value is -2.41. The zero-order valence-electron chi connectivity index (χ0n) is 20.4. The van der Waals surface area contributed by atoms with E-state index < -0.39 is 0 Å². The van der Waals surface area contributed by atoms with Crippen LogP contribution in [0.15, 0.2) is 30.3 Å². The fourth-order valence-corrected chi connectivity index (χ4v) is 5.74. The molecule has 182 valence electrons. The largest absolute Gasteiger partial charge is 0.360 e. The van der Waals surface area contributed by atoms with Crippen molar-refractivity contribution in [3.8, 4) is 0 Å². The summed E-state index contributed by atoms with van der Waals surface area (Å²) in [7, 11) is 0. The van der Waals surface area contributed by atoms with Gasteiger partial charge in [0.25, 0.3) is 0 Å². The van der Waals surface area contributed by atoms with E-state index in [1.165, 1.54) is 62.5 Å². The highest BCUT2D eigenvalue weighted by molar-refractivity contribution is 7.80. The Bertz CT molecular complexity index is 979. The maximum absolute atomic E-state index is 5.70. The van der Waals surface area contributed by atoms with Crippen LogP contribution in [0, 0.1) is 5.92 Å². The molecule has 0 spiro atoms. The first-order valence-electron chi connectivity index (χ1n) is 13.2. The van der Waals surface area contributed by atoms with Gasteiger partial charge in [-0.05, 0) is 61.4 Å². The van der Waals surface area contributed by atoms with Crippen molar-refractivity contribution in [3.05, 3.63) is 41.5 Å². The molecule has 1 aromatic carbocycles. The molecular weight excluding hydrogens is 440 g/mol. The molecule has 2 N–H and O–H groups in total. The van der Waals surface area contributed by atoms with E-state index in [-0.39, 0.29) is 0 Å². The monoisotopic (exact) mass is 478 g/mol. The van der Waals surface area contributed by atoms with Crippen LogP contribution in [0.4, 0.5) is 17.6 Å². The number of anilines is 3. The molecule has 34 heavy (non-hydrogen) atoms. The molecule has 0 atom stereocenters. The van der Waals surface area contributed by atoms with Crippen LogP contribution in [-0.4, -0.2) is 40.8 Å². The van der Waals surface area contributed by atoms with Gasteiger partial charge >= 0.3 is 0 Å². The lowest BCUT2D eigenvalue weighted by Gasteiger charge is -2.33. The standard InChI is InChI=1S/C27H38N6S/c1-20-12-15-32(16-13-20)24-18-25(33-17-14-21-8-6-7-9-22(21)19-33)30-26(29-24)31-27(34)28-23-10-4-2-3-5-11-23/h6-9,18,20,23H,2-5,10-17,19H2,1H3,(H2,28,29,30,31,34). The normalized spacial score (nSPS) is 19.9. The van der Waals surface area contributed by atoms with Crippen molar-refractivity contribution in [2.75, 3.05) is 34.8 Å². The van der Waals surface area contributed by atoms with Crippen LogP contribution in [0.3, 0.4) is 0 Å². The number of rotatable bonds is 4. The minimum atomic E-state index is 0.451. The number of thiocarbonyl (C=S) groups is 1. The molecule has 0 bridgehead atoms. The van der Waals surface area contributed by atoms with Gasteiger partial charge in [-0.1, -0.05) is 56.9 Å². The van der Waals surface area contributed by atoms with E-state index in [0.29, 0.717) is 17.1 Å². The summed E-state index contributed by atoms with van der Waals surface area (Å²) in [6.45, 7) is 6.29. The van der Waals surface area contributed by atoms with Crippen molar-refractivity contribution in [1.29, 1.82) is 0 Å². The van der Waals surface area contributed by atoms with E-state index in [4.69, 9.17) is 22.2 Å². The second kappa shape index (κ2) is 10.9. The third kappa shape index (κ3) is 5.80. The third-order valence-electron chi connectivity index (χ3n) is 7.68. The van der Waals surface area contributed by atoms with Gasteiger partial charge in [0, 0.05) is 38.3 Å². The molecule has 1 saturated heterocycles. The average Bonchev–Trinajstić information content (AvgIpc) is 3.12. The molecule has 7 heteroatoms.